The van der Waals surface area contributed by atoms with Gasteiger partial charge in [0, 0.05) is 25.8 Å². The monoisotopic (exact) mass is 294 g/mol. The summed E-state index contributed by atoms with van der Waals surface area (Å²) >= 11 is 0. The number of aliphatic hydroxyl groups excluding tert-OH is 1. The molecule has 1 aliphatic carbocycles. The van der Waals surface area contributed by atoms with Crippen molar-refractivity contribution < 1.29 is 9.84 Å². The Morgan fingerprint density at radius 1 is 1.52 bits per heavy atom. The zero-order valence-corrected chi connectivity index (χ0v) is 13.9. The highest BCUT2D eigenvalue weighted by atomic mass is 16.5. The lowest BCUT2D eigenvalue weighted by Crippen LogP contribution is -2.49. The van der Waals surface area contributed by atoms with E-state index in [2.05, 4.69) is 25.0 Å². The Morgan fingerprint density at radius 3 is 2.86 bits per heavy atom. The summed E-state index contributed by atoms with van der Waals surface area (Å²) in [5.41, 5.74) is 1.81. The van der Waals surface area contributed by atoms with Gasteiger partial charge >= 0.3 is 0 Å². The summed E-state index contributed by atoms with van der Waals surface area (Å²) in [6.07, 6.45) is 5.40. The van der Waals surface area contributed by atoms with Crippen LogP contribution in [0.4, 0.5) is 0 Å². The van der Waals surface area contributed by atoms with Crippen LogP contribution in [0, 0.1) is 5.92 Å². The van der Waals surface area contributed by atoms with Crippen LogP contribution < -0.4 is 0 Å². The fourth-order valence-electron chi connectivity index (χ4n) is 3.68. The van der Waals surface area contributed by atoms with Crippen molar-refractivity contribution in [2.45, 2.75) is 71.0 Å². The normalized spacial score (nSPS) is 27.8. The topological polar surface area (TPSA) is 47.3 Å². The van der Waals surface area contributed by atoms with Crippen LogP contribution in [-0.4, -0.2) is 33.2 Å². The minimum Gasteiger partial charge on any atom is -0.390 e. The standard InChI is InChI=1S/C17H30N2O2/c1-5-14-10-15(19(4)18-14)11-16(20)17(21-6-2)9-7-8-13(3)12-17/h10,13,16,20H,5-9,11-12H2,1-4H3. The molecule has 1 saturated carbocycles. The molecule has 3 atom stereocenters. The van der Waals surface area contributed by atoms with Gasteiger partial charge in [-0.1, -0.05) is 26.7 Å². The summed E-state index contributed by atoms with van der Waals surface area (Å²) in [7, 11) is 1.96. The van der Waals surface area contributed by atoms with E-state index in [0.717, 1.165) is 37.1 Å². The SMILES string of the molecule is CCOC1(C(O)Cc2cc(CC)nn2C)CCCC(C)C1. The van der Waals surface area contributed by atoms with Gasteiger partial charge in [0.15, 0.2) is 0 Å². The molecule has 0 aromatic carbocycles. The lowest BCUT2D eigenvalue weighted by molar-refractivity contribution is -0.147. The van der Waals surface area contributed by atoms with Crippen molar-refractivity contribution in [2.24, 2.45) is 13.0 Å². The quantitative estimate of drug-likeness (QED) is 0.877. The zero-order valence-electron chi connectivity index (χ0n) is 13.9. The molecule has 1 aromatic heterocycles. The molecule has 0 aliphatic heterocycles. The average molecular weight is 294 g/mol. The summed E-state index contributed by atoms with van der Waals surface area (Å²) in [6.45, 7) is 7.05. The molecular formula is C17H30N2O2. The third kappa shape index (κ3) is 3.67. The highest BCUT2D eigenvalue weighted by Crippen LogP contribution is 2.38. The first kappa shape index (κ1) is 16.5. The van der Waals surface area contributed by atoms with Gasteiger partial charge in [-0.25, -0.2) is 0 Å². The van der Waals surface area contributed by atoms with Gasteiger partial charge in [-0.15, -0.1) is 0 Å². The van der Waals surface area contributed by atoms with Crippen molar-refractivity contribution in [2.75, 3.05) is 6.61 Å². The van der Waals surface area contributed by atoms with Crippen molar-refractivity contribution in [1.29, 1.82) is 0 Å². The van der Waals surface area contributed by atoms with Gasteiger partial charge in [0.05, 0.1) is 17.4 Å². The lowest BCUT2D eigenvalue weighted by atomic mass is 9.74. The van der Waals surface area contributed by atoms with E-state index in [1.165, 1.54) is 6.42 Å². The van der Waals surface area contributed by atoms with Crippen LogP contribution in [-0.2, 0) is 24.6 Å². The summed E-state index contributed by atoms with van der Waals surface area (Å²) in [6, 6.07) is 2.11. The molecule has 4 nitrogen and oxygen atoms in total. The van der Waals surface area contributed by atoms with E-state index < -0.39 is 6.10 Å². The predicted molar refractivity (Wildman–Crippen MR) is 84.3 cm³/mol. The minimum atomic E-state index is -0.458. The molecule has 21 heavy (non-hydrogen) atoms. The maximum absolute atomic E-state index is 10.9. The average Bonchev–Trinajstić information content (AvgIpc) is 2.79. The molecule has 0 radical (unpaired) electrons. The molecule has 1 fully saturated rings. The number of aryl methyl sites for hydroxylation is 2. The third-order valence-electron chi connectivity index (χ3n) is 4.82. The Hall–Kier alpha value is -0.870. The molecule has 3 unspecified atom stereocenters. The summed E-state index contributed by atoms with van der Waals surface area (Å²) in [5.74, 6) is 0.623. The van der Waals surface area contributed by atoms with Crippen molar-refractivity contribution in [3.05, 3.63) is 17.5 Å². The Bertz CT molecular complexity index is 454. The summed E-state index contributed by atoms with van der Waals surface area (Å²) in [4.78, 5) is 0. The fourth-order valence-corrected chi connectivity index (χ4v) is 3.68. The highest BCUT2D eigenvalue weighted by molar-refractivity contribution is 5.12. The molecule has 1 heterocycles. The molecule has 1 N–H and O–H groups in total. The van der Waals surface area contributed by atoms with E-state index >= 15 is 0 Å². The van der Waals surface area contributed by atoms with E-state index in [0.29, 0.717) is 18.9 Å². The highest BCUT2D eigenvalue weighted by Gasteiger charge is 2.42. The number of rotatable bonds is 6. The molecular weight excluding hydrogens is 264 g/mol. The predicted octanol–water partition coefficient (Wildman–Crippen LogP) is 2.87. The van der Waals surface area contributed by atoms with E-state index in [-0.39, 0.29) is 5.60 Å². The molecule has 0 spiro atoms. The molecule has 0 bridgehead atoms. The van der Waals surface area contributed by atoms with Gasteiger partial charge < -0.3 is 9.84 Å². The second kappa shape index (κ2) is 6.93. The first-order valence-corrected chi connectivity index (χ1v) is 8.34. The maximum atomic E-state index is 10.9. The largest absolute Gasteiger partial charge is 0.390 e. The van der Waals surface area contributed by atoms with Gasteiger partial charge in [-0.2, -0.15) is 5.10 Å². The van der Waals surface area contributed by atoms with Gasteiger partial charge in [-0.05, 0) is 38.2 Å². The number of hydrogen-bond donors (Lipinski definition) is 1. The number of ether oxygens (including phenoxy) is 1. The zero-order chi connectivity index (χ0) is 15.5. The summed E-state index contributed by atoms with van der Waals surface area (Å²) in [5, 5.41) is 15.3. The van der Waals surface area contributed by atoms with Crippen LogP contribution in [0.15, 0.2) is 6.07 Å². The number of nitrogens with zero attached hydrogens (tertiary/aromatic N) is 2. The van der Waals surface area contributed by atoms with Crippen molar-refractivity contribution in [1.82, 2.24) is 9.78 Å². The van der Waals surface area contributed by atoms with Crippen molar-refractivity contribution >= 4 is 0 Å². The molecule has 1 aromatic rings. The molecule has 4 heteroatoms. The van der Waals surface area contributed by atoms with Crippen LogP contribution in [0.25, 0.3) is 0 Å². The van der Waals surface area contributed by atoms with Gasteiger partial charge in [0.2, 0.25) is 0 Å². The Labute approximate surface area is 128 Å². The third-order valence-corrected chi connectivity index (χ3v) is 4.82. The van der Waals surface area contributed by atoms with E-state index in [1.807, 2.05) is 18.7 Å². The smallest absolute Gasteiger partial charge is 0.0946 e. The Morgan fingerprint density at radius 2 is 2.29 bits per heavy atom. The van der Waals surface area contributed by atoms with Crippen molar-refractivity contribution in [3.8, 4) is 0 Å². The molecule has 2 rings (SSSR count). The Kier molecular flexibility index (Phi) is 5.44. The van der Waals surface area contributed by atoms with E-state index in [9.17, 15) is 5.11 Å². The van der Waals surface area contributed by atoms with Crippen LogP contribution >= 0.6 is 0 Å². The van der Waals surface area contributed by atoms with E-state index in [4.69, 9.17) is 4.74 Å². The van der Waals surface area contributed by atoms with Crippen LogP contribution in [0.1, 0.15) is 57.8 Å². The van der Waals surface area contributed by atoms with Crippen molar-refractivity contribution in [3.63, 3.8) is 0 Å². The van der Waals surface area contributed by atoms with Gasteiger partial charge in [-0.3, -0.25) is 4.68 Å². The van der Waals surface area contributed by atoms with Crippen LogP contribution in [0.5, 0.6) is 0 Å². The first-order chi connectivity index (χ1) is 10.0. The maximum Gasteiger partial charge on any atom is 0.0946 e. The second-order valence-corrected chi connectivity index (χ2v) is 6.52. The van der Waals surface area contributed by atoms with Gasteiger partial charge in [0.1, 0.15) is 0 Å². The number of aliphatic hydroxyl groups is 1. The molecule has 1 aliphatic rings. The van der Waals surface area contributed by atoms with E-state index in [1.54, 1.807) is 0 Å². The Balaban J connectivity index is 2.14. The van der Waals surface area contributed by atoms with Crippen LogP contribution in [0.2, 0.25) is 0 Å². The first-order valence-electron chi connectivity index (χ1n) is 8.34. The van der Waals surface area contributed by atoms with Crippen LogP contribution in [0.3, 0.4) is 0 Å². The minimum absolute atomic E-state index is 0.372. The lowest BCUT2D eigenvalue weighted by Gasteiger charge is -2.43. The second-order valence-electron chi connectivity index (χ2n) is 6.52. The number of hydrogen-bond acceptors (Lipinski definition) is 3. The summed E-state index contributed by atoms with van der Waals surface area (Å²) < 4.78 is 7.96. The van der Waals surface area contributed by atoms with Gasteiger partial charge in [0.25, 0.3) is 0 Å². The molecule has 0 amide bonds. The molecule has 0 saturated heterocycles. The molecule has 120 valence electrons. The fraction of sp³-hybridized carbons (Fsp3) is 0.824. The number of aromatic nitrogens is 2.